The fourth-order valence-electron chi connectivity index (χ4n) is 1.37. The van der Waals surface area contributed by atoms with E-state index in [1.54, 1.807) is 0 Å². The second kappa shape index (κ2) is 11.1. The Labute approximate surface area is 128 Å². The molecule has 1 amide bonds. The smallest absolute Gasteiger partial charge is 0.223 e. The van der Waals surface area contributed by atoms with Gasteiger partial charge in [-0.3, -0.25) is 4.79 Å². The van der Waals surface area contributed by atoms with E-state index in [9.17, 15) is 4.79 Å². The molecule has 0 atom stereocenters. The van der Waals surface area contributed by atoms with E-state index in [2.05, 4.69) is 26.6 Å². The van der Waals surface area contributed by atoms with Crippen molar-refractivity contribution in [1.82, 2.24) is 10.6 Å². The Morgan fingerprint density at radius 3 is 2.84 bits per heavy atom. The van der Waals surface area contributed by atoms with Crippen LogP contribution in [0.2, 0.25) is 0 Å². The van der Waals surface area contributed by atoms with Gasteiger partial charge in [-0.1, -0.05) is 28.9 Å². The molecule has 1 aromatic carbocycles. The highest BCUT2D eigenvalue weighted by Gasteiger charge is 2.01. The molecule has 0 saturated heterocycles. The van der Waals surface area contributed by atoms with Gasteiger partial charge in [0.25, 0.3) is 0 Å². The SMILES string of the molecule is CCNCCNC(=O)CCOc1cccc(Br)c1.Cl. The predicted molar refractivity (Wildman–Crippen MR) is 83.1 cm³/mol. The minimum absolute atomic E-state index is 0. The van der Waals surface area contributed by atoms with Crippen LogP contribution >= 0.6 is 28.3 Å². The number of carbonyl (C=O) groups is 1. The normalized spacial score (nSPS) is 9.58. The summed E-state index contributed by atoms with van der Waals surface area (Å²) in [5.41, 5.74) is 0. The van der Waals surface area contributed by atoms with Crippen LogP contribution < -0.4 is 15.4 Å². The number of nitrogens with one attached hydrogen (secondary N) is 2. The largest absolute Gasteiger partial charge is 0.493 e. The van der Waals surface area contributed by atoms with Gasteiger partial charge in [0.1, 0.15) is 5.75 Å². The zero-order valence-corrected chi connectivity index (χ0v) is 13.4. The summed E-state index contributed by atoms with van der Waals surface area (Å²) in [5.74, 6) is 0.785. The molecule has 0 fully saturated rings. The predicted octanol–water partition coefficient (Wildman–Crippen LogP) is 2.37. The molecule has 0 saturated carbocycles. The van der Waals surface area contributed by atoms with E-state index in [-0.39, 0.29) is 18.3 Å². The van der Waals surface area contributed by atoms with Crippen molar-refractivity contribution in [3.05, 3.63) is 28.7 Å². The first kappa shape index (κ1) is 18.2. The highest BCUT2D eigenvalue weighted by Crippen LogP contribution is 2.17. The molecule has 1 rings (SSSR count). The Kier molecular flexibility index (Phi) is 10.6. The minimum Gasteiger partial charge on any atom is -0.493 e. The maximum absolute atomic E-state index is 11.4. The van der Waals surface area contributed by atoms with Gasteiger partial charge in [-0.05, 0) is 24.7 Å². The molecule has 0 aliphatic rings. The number of likely N-dealkylation sites (N-methyl/N-ethyl adjacent to an activating group) is 1. The third-order valence-corrected chi connectivity index (χ3v) is 2.76. The molecular formula is C13H20BrClN2O2. The van der Waals surface area contributed by atoms with E-state index < -0.39 is 0 Å². The van der Waals surface area contributed by atoms with Crippen LogP contribution in [-0.4, -0.2) is 32.1 Å². The van der Waals surface area contributed by atoms with E-state index in [0.29, 0.717) is 19.6 Å². The molecule has 0 aliphatic heterocycles. The molecule has 0 spiro atoms. The third-order valence-electron chi connectivity index (χ3n) is 2.27. The van der Waals surface area contributed by atoms with Crippen molar-refractivity contribution in [2.24, 2.45) is 0 Å². The highest BCUT2D eigenvalue weighted by molar-refractivity contribution is 9.10. The number of ether oxygens (including phenoxy) is 1. The molecule has 2 N–H and O–H groups in total. The fourth-order valence-corrected chi connectivity index (χ4v) is 1.75. The summed E-state index contributed by atoms with van der Waals surface area (Å²) in [6.07, 6.45) is 0.374. The van der Waals surface area contributed by atoms with Crippen molar-refractivity contribution in [2.75, 3.05) is 26.2 Å². The summed E-state index contributed by atoms with van der Waals surface area (Å²) in [4.78, 5) is 11.4. The van der Waals surface area contributed by atoms with Crippen molar-refractivity contribution in [3.63, 3.8) is 0 Å². The van der Waals surface area contributed by atoms with Gasteiger partial charge in [-0.25, -0.2) is 0 Å². The van der Waals surface area contributed by atoms with Crippen LogP contribution in [0, 0.1) is 0 Å². The first-order chi connectivity index (χ1) is 8.72. The minimum atomic E-state index is 0. The van der Waals surface area contributed by atoms with Crippen molar-refractivity contribution >= 4 is 34.2 Å². The number of hydrogen-bond donors (Lipinski definition) is 2. The molecule has 19 heavy (non-hydrogen) atoms. The summed E-state index contributed by atoms with van der Waals surface area (Å²) < 4.78 is 6.45. The number of halogens is 2. The summed E-state index contributed by atoms with van der Waals surface area (Å²) >= 11 is 3.37. The van der Waals surface area contributed by atoms with Crippen molar-refractivity contribution in [1.29, 1.82) is 0 Å². The van der Waals surface area contributed by atoms with E-state index in [1.165, 1.54) is 0 Å². The van der Waals surface area contributed by atoms with Crippen molar-refractivity contribution in [2.45, 2.75) is 13.3 Å². The number of benzene rings is 1. The lowest BCUT2D eigenvalue weighted by Gasteiger charge is -2.07. The number of amides is 1. The van der Waals surface area contributed by atoms with Crippen LogP contribution in [0.3, 0.4) is 0 Å². The molecule has 0 aliphatic carbocycles. The average molecular weight is 352 g/mol. The maximum Gasteiger partial charge on any atom is 0.223 e. The Hall–Kier alpha value is -0.780. The topological polar surface area (TPSA) is 50.4 Å². The zero-order valence-electron chi connectivity index (χ0n) is 10.9. The lowest BCUT2D eigenvalue weighted by molar-refractivity contribution is -0.121. The second-order valence-corrected chi connectivity index (χ2v) is 4.68. The van der Waals surface area contributed by atoms with Gasteiger partial charge in [0.05, 0.1) is 13.0 Å². The molecule has 0 bridgehead atoms. The quantitative estimate of drug-likeness (QED) is 0.707. The fraction of sp³-hybridized carbons (Fsp3) is 0.462. The molecule has 0 aromatic heterocycles. The van der Waals surface area contributed by atoms with E-state index in [4.69, 9.17) is 4.74 Å². The van der Waals surface area contributed by atoms with Gasteiger partial charge in [0.15, 0.2) is 0 Å². The van der Waals surface area contributed by atoms with Gasteiger partial charge < -0.3 is 15.4 Å². The van der Waals surface area contributed by atoms with Gasteiger partial charge >= 0.3 is 0 Å². The Balaban J connectivity index is 0.00000324. The van der Waals surface area contributed by atoms with Crippen LogP contribution in [0.1, 0.15) is 13.3 Å². The van der Waals surface area contributed by atoms with Gasteiger partial charge in [-0.15, -0.1) is 12.4 Å². The van der Waals surface area contributed by atoms with Crippen LogP contribution in [0.4, 0.5) is 0 Å². The number of carbonyl (C=O) groups excluding carboxylic acids is 1. The van der Waals surface area contributed by atoms with E-state index >= 15 is 0 Å². The summed E-state index contributed by atoms with van der Waals surface area (Å²) in [7, 11) is 0. The second-order valence-electron chi connectivity index (χ2n) is 3.76. The lowest BCUT2D eigenvalue weighted by Crippen LogP contribution is -2.32. The molecule has 0 heterocycles. The first-order valence-corrected chi connectivity index (χ1v) is 6.87. The lowest BCUT2D eigenvalue weighted by atomic mass is 10.3. The standard InChI is InChI=1S/C13H19BrN2O2.ClH/c1-2-15-7-8-16-13(17)6-9-18-12-5-3-4-11(14)10-12;/h3-5,10,15H,2,6-9H2,1H3,(H,16,17);1H. The first-order valence-electron chi connectivity index (χ1n) is 6.08. The van der Waals surface area contributed by atoms with Crippen LogP contribution in [-0.2, 0) is 4.79 Å². The molecule has 4 nitrogen and oxygen atoms in total. The number of rotatable bonds is 8. The third kappa shape index (κ3) is 8.86. The van der Waals surface area contributed by atoms with E-state index in [1.807, 2.05) is 31.2 Å². The van der Waals surface area contributed by atoms with Gasteiger partial charge in [0.2, 0.25) is 5.91 Å². The monoisotopic (exact) mass is 350 g/mol. The van der Waals surface area contributed by atoms with Crippen molar-refractivity contribution in [3.8, 4) is 5.75 Å². The van der Waals surface area contributed by atoms with Crippen molar-refractivity contribution < 1.29 is 9.53 Å². The summed E-state index contributed by atoms with van der Waals surface area (Å²) in [5, 5.41) is 5.97. The Morgan fingerprint density at radius 2 is 2.16 bits per heavy atom. The Morgan fingerprint density at radius 1 is 1.37 bits per heavy atom. The van der Waals surface area contributed by atoms with Gasteiger partial charge in [-0.2, -0.15) is 0 Å². The zero-order chi connectivity index (χ0) is 13.2. The average Bonchev–Trinajstić information content (AvgIpc) is 2.35. The molecule has 1 aromatic rings. The summed E-state index contributed by atoms with van der Waals surface area (Å²) in [6.45, 7) is 4.80. The van der Waals surface area contributed by atoms with Gasteiger partial charge in [0, 0.05) is 17.6 Å². The molecule has 108 valence electrons. The molecule has 0 unspecified atom stereocenters. The number of hydrogen-bond acceptors (Lipinski definition) is 3. The van der Waals surface area contributed by atoms with E-state index in [0.717, 1.165) is 23.3 Å². The summed E-state index contributed by atoms with van der Waals surface area (Å²) in [6, 6.07) is 7.58. The molecule has 6 heteroatoms. The molecular weight excluding hydrogens is 332 g/mol. The molecule has 0 radical (unpaired) electrons. The Bertz CT molecular complexity index is 377. The van der Waals surface area contributed by atoms with Crippen LogP contribution in [0.25, 0.3) is 0 Å². The van der Waals surface area contributed by atoms with Crippen LogP contribution in [0.5, 0.6) is 5.75 Å². The highest BCUT2D eigenvalue weighted by atomic mass is 79.9. The van der Waals surface area contributed by atoms with Crippen LogP contribution in [0.15, 0.2) is 28.7 Å². The maximum atomic E-state index is 11.4.